The van der Waals surface area contributed by atoms with Gasteiger partial charge in [0.15, 0.2) is 0 Å². The van der Waals surface area contributed by atoms with Crippen LogP contribution >= 0.6 is 0 Å². The first-order valence-electron chi connectivity index (χ1n) is 8.84. The van der Waals surface area contributed by atoms with Gasteiger partial charge >= 0.3 is 0 Å². The van der Waals surface area contributed by atoms with Crippen LogP contribution in [0.5, 0.6) is 5.75 Å². The Kier molecular flexibility index (Phi) is 5.20. The van der Waals surface area contributed by atoms with Gasteiger partial charge in [0.25, 0.3) is 6.43 Å². The van der Waals surface area contributed by atoms with Crippen LogP contribution in [0.3, 0.4) is 0 Å². The quantitative estimate of drug-likeness (QED) is 0.792. The summed E-state index contributed by atoms with van der Waals surface area (Å²) in [5.74, 6) is 1.84. The number of halogens is 2. The van der Waals surface area contributed by atoms with E-state index in [9.17, 15) is 8.78 Å². The fourth-order valence-electron chi connectivity index (χ4n) is 4.45. The van der Waals surface area contributed by atoms with Crippen LogP contribution in [0, 0.1) is 5.92 Å². The maximum absolute atomic E-state index is 12.4. The Bertz CT molecular complexity index is 534. The van der Waals surface area contributed by atoms with Crippen molar-refractivity contribution in [3.8, 4) is 5.75 Å². The van der Waals surface area contributed by atoms with Crippen molar-refractivity contribution in [2.75, 3.05) is 20.2 Å². The molecule has 23 heavy (non-hydrogen) atoms. The second kappa shape index (κ2) is 7.16. The van der Waals surface area contributed by atoms with E-state index in [2.05, 4.69) is 24.9 Å². The first-order chi connectivity index (χ1) is 11.1. The van der Waals surface area contributed by atoms with E-state index in [-0.39, 0.29) is 0 Å². The monoisotopic (exact) mass is 323 g/mol. The number of hydrogen-bond donors (Lipinski definition) is 0. The maximum atomic E-state index is 12.4. The topological polar surface area (TPSA) is 12.5 Å². The molecule has 1 aromatic carbocycles. The van der Waals surface area contributed by atoms with Crippen LogP contribution in [0.1, 0.15) is 49.7 Å². The van der Waals surface area contributed by atoms with Crippen LogP contribution in [0.4, 0.5) is 8.78 Å². The van der Waals surface area contributed by atoms with Gasteiger partial charge in [-0.1, -0.05) is 25.8 Å². The molecule has 0 amide bonds. The second-order valence-corrected chi connectivity index (χ2v) is 6.96. The summed E-state index contributed by atoms with van der Waals surface area (Å²) >= 11 is 0. The van der Waals surface area contributed by atoms with Gasteiger partial charge in [0, 0.05) is 6.04 Å². The van der Waals surface area contributed by atoms with Gasteiger partial charge in [-0.2, -0.15) is 0 Å². The number of benzene rings is 1. The Balaban J connectivity index is 1.87. The van der Waals surface area contributed by atoms with Crippen molar-refractivity contribution in [3.05, 3.63) is 29.3 Å². The Morgan fingerprint density at radius 3 is 2.78 bits per heavy atom. The molecule has 0 bridgehead atoms. The van der Waals surface area contributed by atoms with Gasteiger partial charge in [-0.05, 0) is 68.0 Å². The molecule has 3 rings (SSSR count). The third-order valence-electron chi connectivity index (χ3n) is 5.70. The molecule has 0 heterocycles. The van der Waals surface area contributed by atoms with E-state index in [4.69, 9.17) is 4.74 Å². The predicted molar refractivity (Wildman–Crippen MR) is 88.4 cm³/mol. The van der Waals surface area contributed by atoms with Crippen molar-refractivity contribution in [3.63, 3.8) is 0 Å². The molecule has 0 radical (unpaired) electrons. The molecule has 2 aliphatic carbocycles. The summed E-state index contributed by atoms with van der Waals surface area (Å²) < 4.78 is 30.0. The average molecular weight is 323 g/mol. The van der Waals surface area contributed by atoms with Crippen LogP contribution in [-0.4, -0.2) is 37.6 Å². The van der Waals surface area contributed by atoms with E-state index in [1.54, 1.807) is 0 Å². The van der Waals surface area contributed by atoms with Gasteiger partial charge in [0.05, 0.1) is 0 Å². The van der Waals surface area contributed by atoms with Gasteiger partial charge in [-0.15, -0.1) is 0 Å². The number of alkyl halides is 2. The zero-order chi connectivity index (χ0) is 16.4. The van der Waals surface area contributed by atoms with Crippen LogP contribution in [0.25, 0.3) is 0 Å². The molecular formula is C19H27F2NO. The van der Waals surface area contributed by atoms with E-state index in [0.29, 0.717) is 23.6 Å². The van der Waals surface area contributed by atoms with E-state index in [1.165, 1.54) is 36.8 Å². The van der Waals surface area contributed by atoms with Crippen LogP contribution in [0.15, 0.2) is 18.2 Å². The van der Waals surface area contributed by atoms with E-state index < -0.39 is 13.0 Å². The van der Waals surface area contributed by atoms with Crippen LogP contribution in [-0.2, 0) is 6.42 Å². The van der Waals surface area contributed by atoms with Gasteiger partial charge in [0.1, 0.15) is 12.4 Å². The zero-order valence-electron chi connectivity index (χ0n) is 14.1. The Morgan fingerprint density at radius 1 is 1.26 bits per heavy atom. The van der Waals surface area contributed by atoms with Gasteiger partial charge in [-0.25, -0.2) is 8.78 Å². The molecule has 2 aliphatic rings. The molecule has 0 saturated heterocycles. The van der Waals surface area contributed by atoms with E-state index >= 15 is 0 Å². The Labute approximate surface area is 137 Å². The first-order valence-corrected chi connectivity index (χ1v) is 8.84. The molecule has 3 atom stereocenters. The average Bonchev–Trinajstić information content (AvgIpc) is 2.58. The molecule has 1 fully saturated rings. The van der Waals surface area contributed by atoms with Crippen molar-refractivity contribution >= 4 is 0 Å². The van der Waals surface area contributed by atoms with Crippen LogP contribution < -0.4 is 4.74 Å². The summed E-state index contributed by atoms with van der Waals surface area (Å²) in [6.45, 7) is 2.77. The zero-order valence-corrected chi connectivity index (χ0v) is 14.1. The minimum atomic E-state index is -2.42. The van der Waals surface area contributed by atoms with Gasteiger partial charge < -0.3 is 9.64 Å². The first kappa shape index (κ1) is 16.7. The molecule has 0 aromatic heterocycles. The standard InChI is InChI=1S/C19H27F2NO/c1-3-22(2)18-10-13-8-9-14(23-12-19(20)21)11-17(13)15-6-4-5-7-16(15)18/h8-9,11,15-16,18-19H,3-7,10,12H2,1-2H3/t15?,16-,18?/m0/s1. The largest absolute Gasteiger partial charge is 0.488 e. The normalized spacial score (nSPS) is 27.0. The maximum Gasteiger partial charge on any atom is 0.272 e. The molecule has 1 saturated carbocycles. The van der Waals surface area contributed by atoms with Gasteiger partial charge in [0.2, 0.25) is 0 Å². The third-order valence-corrected chi connectivity index (χ3v) is 5.70. The number of nitrogens with zero attached hydrogens (tertiary/aromatic N) is 1. The Hall–Kier alpha value is -1.16. The summed E-state index contributed by atoms with van der Waals surface area (Å²) in [5.41, 5.74) is 2.73. The van der Waals surface area contributed by atoms with Crippen molar-refractivity contribution in [2.24, 2.45) is 5.92 Å². The SMILES string of the molecule is CCN(C)C1Cc2ccc(OCC(F)F)cc2C2CCCC[C@@H]21. The number of rotatable bonds is 5. The highest BCUT2D eigenvalue weighted by molar-refractivity contribution is 5.41. The number of likely N-dealkylation sites (N-methyl/N-ethyl adjacent to an activating group) is 1. The molecule has 128 valence electrons. The molecule has 4 heteroatoms. The fourth-order valence-corrected chi connectivity index (χ4v) is 4.45. The summed E-state index contributed by atoms with van der Waals surface area (Å²) in [5, 5.41) is 0. The molecule has 0 N–H and O–H groups in total. The summed E-state index contributed by atoms with van der Waals surface area (Å²) in [6, 6.07) is 6.58. The number of fused-ring (bicyclic) bond motifs is 3. The number of ether oxygens (including phenoxy) is 1. The molecule has 2 unspecified atom stereocenters. The van der Waals surface area contributed by atoms with Crippen molar-refractivity contribution in [2.45, 2.75) is 57.4 Å². The fraction of sp³-hybridized carbons (Fsp3) is 0.684. The Morgan fingerprint density at radius 2 is 2.04 bits per heavy atom. The third kappa shape index (κ3) is 3.52. The molecule has 0 spiro atoms. The van der Waals surface area contributed by atoms with E-state index in [1.807, 2.05) is 12.1 Å². The van der Waals surface area contributed by atoms with Crippen molar-refractivity contribution in [1.29, 1.82) is 0 Å². The van der Waals surface area contributed by atoms with Gasteiger partial charge in [-0.3, -0.25) is 0 Å². The molecular weight excluding hydrogens is 296 g/mol. The highest BCUT2D eigenvalue weighted by atomic mass is 19.3. The predicted octanol–water partition coefficient (Wildman–Crippen LogP) is 4.48. The lowest BCUT2D eigenvalue weighted by molar-refractivity contribution is 0.0815. The molecule has 1 aromatic rings. The minimum absolute atomic E-state index is 0.520. The minimum Gasteiger partial charge on any atom is -0.488 e. The van der Waals surface area contributed by atoms with Crippen molar-refractivity contribution < 1.29 is 13.5 Å². The van der Waals surface area contributed by atoms with E-state index in [0.717, 1.165) is 13.0 Å². The number of hydrogen-bond acceptors (Lipinski definition) is 2. The molecule has 2 nitrogen and oxygen atoms in total. The highest BCUT2D eigenvalue weighted by Gasteiger charge is 2.39. The second-order valence-electron chi connectivity index (χ2n) is 6.96. The molecule has 0 aliphatic heterocycles. The summed E-state index contributed by atoms with van der Waals surface area (Å²) in [7, 11) is 2.22. The lowest BCUT2D eigenvalue weighted by Gasteiger charge is -2.46. The smallest absolute Gasteiger partial charge is 0.272 e. The van der Waals surface area contributed by atoms with Crippen LogP contribution in [0.2, 0.25) is 0 Å². The lowest BCUT2D eigenvalue weighted by Crippen LogP contribution is -2.46. The lowest BCUT2D eigenvalue weighted by atomic mass is 9.65. The highest BCUT2D eigenvalue weighted by Crippen LogP contribution is 2.47. The van der Waals surface area contributed by atoms with Crippen molar-refractivity contribution in [1.82, 2.24) is 4.90 Å². The summed E-state index contributed by atoms with van der Waals surface area (Å²) in [4.78, 5) is 2.48. The summed E-state index contributed by atoms with van der Waals surface area (Å²) in [6.07, 6.45) is 3.72.